The van der Waals surface area contributed by atoms with Gasteiger partial charge in [-0.15, -0.1) is 0 Å². The van der Waals surface area contributed by atoms with Crippen LogP contribution in [0.15, 0.2) is 24.3 Å². The maximum absolute atomic E-state index is 12.0. The number of hydrogen-bond acceptors (Lipinski definition) is 2. The van der Waals surface area contributed by atoms with Crippen molar-refractivity contribution in [2.75, 3.05) is 5.32 Å². The number of benzene rings is 1. The summed E-state index contributed by atoms with van der Waals surface area (Å²) in [5.41, 5.74) is 1.68. The standard InChI is InChI=1S/C15H19NO3/c1-10(12-6-7-12)15(19)16-13-4-2-3-11(9-13)5-8-14(17)18/h2-4,9-10,12H,5-8H2,1H3,(H,16,19)(H,17,18). The Bertz CT molecular complexity index is 480. The summed E-state index contributed by atoms with van der Waals surface area (Å²) in [5, 5.41) is 11.6. The molecule has 0 saturated heterocycles. The Morgan fingerprint density at radius 2 is 2.16 bits per heavy atom. The zero-order chi connectivity index (χ0) is 13.8. The maximum atomic E-state index is 12.0. The summed E-state index contributed by atoms with van der Waals surface area (Å²) >= 11 is 0. The first-order valence-corrected chi connectivity index (χ1v) is 6.68. The minimum atomic E-state index is -0.809. The molecule has 2 N–H and O–H groups in total. The number of carbonyl (C=O) groups is 2. The second kappa shape index (κ2) is 5.87. The molecule has 1 fully saturated rings. The molecule has 0 bridgehead atoms. The average Bonchev–Trinajstić information content (AvgIpc) is 3.20. The first-order valence-electron chi connectivity index (χ1n) is 6.68. The van der Waals surface area contributed by atoms with Crippen molar-refractivity contribution in [3.8, 4) is 0 Å². The normalized spacial score (nSPS) is 15.8. The highest BCUT2D eigenvalue weighted by atomic mass is 16.4. The summed E-state index contributed by atoms with van der Waals surface area (Å²) < 4.78 is 0. The van der Waals surface area contributed by atoms with Crippen LogP contribution in [0.25, 0.3) is 0 Å². The van der Waals surface area contributed by atoms with E-state index < -0.39 is 5.97 Å². The summed E-state index contributed by atoms with van der Waals surface area (Å²) in [6.07, 6.45) is 2.88. The molecule has 1 unspecified atom stereocenters. The van der Waals surface area contributed by atoms with Gasteiger partial charge in [0.05, 0.1) is 0 Å². The molecule has 102 valence electrons. The van der Waals surface area contributed by atoms with Gasteiger partial charge in [0.15, 0.2) is 0 Å². The molecule has 1 saturated carbocycles. The number of amides is 1. The van der Waals surface area contributed by atoms with Crippen LogP contribution in [0.4, 0.5) is 5.69 Å². The second-order valence-electron chi connectivity index (χ2n) is 5.21. The molecule has 1 amide bonds. The van der Waals surface area contributed by atoms with Crippen LogP contribution in [0, 0.1) is 11.8 Å². The summed E-state index contributed by atoms with van der Waals surface area (Å²) in [6.45, 7) is 1.96. The van der Waals surface area contributed by atoms with Crippen LogP contribution in [0.2, 0.25) is 0 Å². The van der Waals surface area contributed by atoms with Crippen molar-refractivity contribution in [2.24, 2.45) is 11.8 Å². The average molecular weight is 261 g/mol. The van der Waals surface area contributed by atoms with E-state index in [0.717, 1.165) is 24.1 Å². The topological polar surface area (TPSA) is 66.4 Å². The fourth-order valence-corrected chi connectivity index (χ4v) is 2.12. The molecule has 1 aromatic carbocycles. The third-order valence-corrected chi connectivity index (χ3v) is 3.56. The third kappa shape index (κ3) is 4.09. The molecule has 4 nitrogen and oxygen atoms in total. The van der Waals surface area contributed by atoms with Crippen LogP contribution in [0.1, 0.15) is 31.7 Å². The number of hydrogen-bond donors (Lipinski definition) is 2. The van der Waals surface area contributed by atoms with E-state index in [1.165, 1.54) is 0 Å². The van der Waals surface area contributed by atoms with E-state index in [1.54, 1.807) is 0 Å². The Labute approximate surface area is 112 Å². The van der Waals surface area contributed by atoms with Crippen LogP contribution in [0.5, 0.6) is 0 Å². The maximum Gasteiger partial charge on any atom is 0.303 e. The lowest BCUT2D eigenvalue weighted by Crippen LogP contribution is -2.21. The van der Waals surface area contributed by atoms with Crippen molar-refractivity contribution in [3.05, 3.63) is 29.8 Å². The van der Waals surface area contributed by atoms with E-state index in [1.807, 2.05) is 31.2 Å². The van der Waals surface area contributed by atoms with E-state index in [9.17, 15) is 9.59 Å². The van der Waals surface area contributed by atoms with E-state index in [-0.39, 0.29) is 18.2 Å². The molecule has 0 aromatic heterocycles. The van der Waals surface area contributed by atoms with Gasteiger partial charge in [0, 0.05) is 18.0 Å². The highest BCUT2D eigenvalue weighted by molar-refractivity contribution is 5.92. The quantitative estimate of drug-likeness (QED) is 0.827. The van der Waals surface area contributed by atoms with E-state index in [2.05, 4.69) is 5.32 Å². The second-order valence-corrected chi connectivity index (χ2v) is 5.21. The fraction of sp³-hybridized carbons (Fsp3) is 0.467. The van der Waals surface area contributed by atoms with Crippen LogP contribution < -0.4 is 5.32 Å². The summed E-state index contributed by atoms with van der Waals surface area (Å²) in [5.74, 6) is -0.160. The van der Waals surface area contributed by atoms with Crippen molar-refractivity contribution in [3.63, 3.8) is 0 Å². The molecule has 19 heavy (non-hydrogen) atoms. The first-order chi connectivity index (χ1) is 9.06. The highest BCUT2D eigenvalue weighted by Crippen LogP contribution is 2.37. The molecule has 0 heterocycles. The Morgan fingerprint density at radius 3 is 2.79 bits per heavy atom. The third-order valence-electron chi connectivity index (χ3n) is 3.56. The monoisotopic (exact) mass is 261 g/mol. The SMILES string of the molecule is CC(C(=O)Nc1cccc(CCC(=O)O)c1)C1CC1. The van der Waals surface area contributed by atoms with Crippen molar-refractivity contribution < 1.29 is 14.7 Å². The number of carboxylic acid groups (broad SMARTS) is 1. The number of carboxylic acids is 1. The van der Waals surface area contributed by atoms with Crippen molar-refractivity contribution >= 4 is 17.6 Å². The zero-order valence-corrected chi connectivity index (χ0v) is 11.1. The first kappa shape index (κ1) is 13.6. The van der Waals surface area contributed by atoms with Crippen LogP contribution in [0.3, 0.4) is 0 Å². The predicted octanol–water partition coefficient (Wildman–Crippen LogP) is 2.69. The van der Waals surface area contributed by atoms with Crippen molar-refractivity contribution in [1.82, 2.24) is 0 Å². The van der Waals surface area contributed by atoms with Crippen LogP contribution >= 0.6 is 0 Å². The summed E-state index contributed by atoms with van der Waals surface area (Å²) in [6, 6.07) is 7.40. The molecule has 4 heteroatoms. The van der Waals surface area contributed by atoms with Gasteiger partial charge < -0.3 is 10.4 Å². The van der Waals surface area contributed by atoms with Crippen LogP contribution in [-0.4, -0.2) is 17.0 Å². The van der Waals surface area contributed by atoms with Crippen molar-refractivity contribution in [2.45, 2.75) is 32.6 Å². The molecule has 0 radical (unpaired) electrons. The van der Waals surface area contributed by atoms with Crippen LogP contribution in [-0.2, 0) is 16.0 Å². The predicted molar refractivity (Wildman–Crippen MR) is 72.9 cm³/mol. The molecule has 0 aliphatic heterocycles. The molecular formula is C15H19NO3. The van der Waals surface area contributed by atoms with Crippen molar-refractivity contribution in [1.29, 1.82) is 0 Å². The number of aryl methyl sites for hydroxylation is 1. The molecule has 1 aliphatic rings. The Hall–Kier alpha value is -1.84. The fourth-order valence-electron chi connectivity index (χ4n) is 2.12. The molecule has 0 spiro atoms. The summed E-state index contributed by atoms with van der Waals surface area (Å²) in [4.78, 5) is 22.5. The zero-order valence-electron chi connectivity index (χ0n) is 11.1. The number of nitrogens with one attached hydrogen (secondary N) is 1. The number of aliphatic carboxylic acids is 1. The van der Waals surface area contributed by atoms with Gasteiger partial charge >= 0.3 is 5.97 Å². The van der Waals surface area contributed by atoms with E-state index in [0.29, 0.717) is 12.3 Å². The molecule has 2 rings (SSSR count). The minimum Gasteiger partial charge on any atom is -0.481 e. The van der Waals surface area contributed by atoms with Gasteiger partial charge in [-0.2, -0.15) is 0 Å². The van der Waals surface area contributed by atoms with Gasteiger partial charge in [0.1, 0.15) is 0 Å². The molecule has 1 aromatic rings. The molecule has 1 aliphatic carbocycles. The van der Waals surface area contributed by atoms with E-state index >= 15 is 0 Å². The summed E-state index contributed by atoms with van der Waals surface area (Å²) in [7, 11) is 0. The Kier molecular flexibility index (Phi) is 4.20. The Balaban J connectivity index is 1.94. The van der Waals surface area contributed by atoms with Gasteiger partial charge in [-0.3, -0.25) is 9.59 Å². The lowest BCUT2D eigenvalue weighted by atomic mass is 10.1. The number of anilines is 1. The number of carbonyl (C=O) groups excluding carboxylic acids is 1. The molecule has 1 atom stereocenters. The van der Waals surface area contributed by atoms with Gasteiger partial charge in [0.2, 0.25) is 5.91 Å². The van der Waals surface area contributed by atoms with Gasteiger partial charge in [-0.1, -0.05) is 19.1 Å². The van der Waals surface area contributed by atoms with Gasteiger partial charge in [0.25, 0.3) is 0 Å². The van der Waals surface area contributed by atoms with Gasteiger partial charge in [-0.05, 0) is 42.9 Å². The molecular weight excluding hydrogens is 242 g/mol. The smallest absolute Gasteiger partial charge is 0.303 e. The Morgan fingerprint density at radius 1 is 1.42 bits per heavy atom. The lowest BCUT2D eigenvalue weighted by molar-refractivity contribution is -0.137. The van der Waals surface area contributed by atoms with Gasteiger partial charge in [-0.25, -0.2) is 0 Å². The minimum absolute atomic E-state index is 0.0536. The lowest BCUT2D eigenvalue weighted by Gasteiger charge is -2.11. The number of rotatable bonds is 6. The largest absolute Gasteiger partial charge is 0.481 e. The van der Waals surface area contributed by atoms with E-state index in [4.69, 9.17) is 5.11 Å². The highest BCUT2D eigenvalue weighted by Gasteiger charge is 2.32.